The van der Waals surface area contributed by atoms with Crippen LogP contribution in [0.4, 0.5) is 21.9 Å². The van der Waals surface area contributed by atoms with Crippen LogP contribution < -0.4 is 20.3 Å². The summed E-state index contributed by atoms with van der Waals surface area (Å²) >= 11 is 0. The van der Waals surface area contributed by atoms with E-state index in [0.29, 0.717) is 43.3 Å². The van der Waals surface area contributed by atoms with Gasteiger partial charge in [0.05, 0.1) is 18.6 Å². The Morgan fingerprint density at radius 3 is 2.37 bits per heavy atom. The summed E-state index contributed by atoms with van der Waals surface area (Å²) in [6, 6.07) is 12.8. The molecular formula is C20H23N5O5. The first-order valence-corrected chi connectivity index (χ1v) is 9.42. The molecule has 0 bridgehead atoms. The van der Waals surface area contributed by atoms with Crippen LogP contribution in [0.2, 0.25) is 0 Å². The Morgan fingerprint density at radius 1 is 1.07 bits per heavy atom. The van der Waals surface area contributed by atoms with Crippen molar-refractivity contribution in [1.29, 1.82) is 0 Å². The van der Waals surface area contributed by atoms with Gasteiger partial charge in [0.2, 0.25) is 5.91 Å². The monoisotopic (exact) mass is 413 g/mol. The normalized spacial score (nSPS) is 14.1. The van der Waals surface area contributed by atoms with Gasteiger partial charge in [-0.15, -0.1) is 0 Å². The van der Waals surface area contributed by atoms with Gasteiger partial charge < -0.3 is 15.0 Å². The summed E-state index contributed by atoms with van der Waals surface area (Å²) in [4.78, 5) is 38.8. The molecule has 1 aliphatic rings. The summed E-state index contributed by atoms with van der Waals surface area (Å²) < 4.78 is 5.05. The van der Waals surface area contributed by atoms with Crippen molar-refractivity contribution < 1.29 is 19.2 Å². The van der Waals surface area contributed by atoms with Gasteiger partial charge in [0.25, 0.3) is 5.69 Å². The van der Waals surface area contributed by atoms with Crippen LogP contribution in [0.25, 0.3) is 0 Å². The number of carbonyl (C=O) groups is 2. The van der Waals surface area contributed by atoms with Crippen molar-refractivity contribution in [1.82, 2.24) is 10.2 Å². The number of ether oxygens (including phenoxy) is 1. The van der Waals surface area contributed by atoms with Gasteiger partial charge in [-0.05, 0) is 30.3 Å². The van der Waals surface area contributed by atoms with Gasteiger partial charge in [0.15, 0.2) is 0 Å². The van der Waals surface area contributed by atoms with Crippen LogP contribution in [0.5, 0.6) is 5.75 Å². The van der Waals surface area contributed by atoms with Crippen molar-refractivity contribution in [3.63, 3.8) is 0 Å². The molecule has 0 radical (unpaired) electrons. The zero-order valence-electron chi connectivity index (χ0n) is 16.5. The number of amides is 3. The summed E-state index contributed by atoms with van der Waals surface area (Å²) in [7, 11) is 1.55. The lowest BCUT2D eigenvalue weighted by atomic mass is 10.2. The Hall–Kier alpha value is -3.66. The molecule has 1 saturated heterocycles. The molecule has 1 fully saturated rings. The third kappa shape index (κ3) is 5.45. The molecule has 158 valence electrons. The molecule has 3 amide bonds. The summed E-state index contributed by atoms with van der Waals surface area (Å²) in [5.41, 5.74) is 1.18. The van der Waals surface area contributed by atoms with Crippen molar-refractivity contribution in [3.8, 4) is 5.75 Å². The molecule has 0 unspecified atom stereocenters. The number of para-hydroxylation sites is 2. The number of anilines is 2. The maximum atomic E-state index is 12.2. The lowest BCUT2D eigenvalue weighted by molar-refractivity contribution is -0.384. The predicted octanol–water partition coefficient (Wildman–Crippen LogP) is 2.07. The summed E-state index contributed by atoms with van der Waals surface area (Å²) in [6.45, 7) is 2.28. The minimum absolute atomic E-state index is 0.0684. The zero-order valence-corrected chi connectivity index (χ0v) is 16.5. The van der Waals surface area contributed by atoms with Crippen LogP contribution >= 0.6 is 0 Å². The fourth-order valence-electron chi connectivity index (χ4n) is 3.24. The van der Waals surface area contributed by atoms with Crippen molar-refractivity contribution in [2.45, 2.75) is 0 Å². The fourth-order valence-corrected chi connectivity index (χ4v) is 3.24. The Balaban J connectivity index is 1.46. The van der Waals surface area contributed by atoms with E-state index < -0.39 is 16.9 Å². The Bertz CT molecular complexity index is 910. The Kier molecular flexibility index (Phi) is 6.81. The SMILES string of the molecule is COc1ccc(NC(=O)NC(=O)CN2CCN(c3ccccc3[N+](=O)[O-])CC2)cc1. The van der Waals surface area contributed by atoms with Gasteiger partial charge in [-0.1, -0.05) is 12.1 Å². The van der Waals surface area contributed by atoms with Crippen molar-refractivity contribution in [2.24, 2.45) is 0 Å². The molecule has 1 aliphatic heterocycles. The van der Waals surface area contributed by atoms with Crippen molar-refractivity contribution in [3.05, 3.63) is 58.6 Å². The van der Waals surface area contributed by atoms with Crippen molar-refractivity contribution >= 4 is 29.0 Å². The largest absolute Gasteiger partial charge is 0.497 e. The highest BCUT2D eigenvalue weighted by atomic mass is 16.6. The van der Waals surface area contributed by atoms with Gasteiger partial charge in [0.1, 0.15) is 11.4 Å². The van der Waals surface area contributed by atoms with Crippen LogP contribution in [-0.4, -0.2) is 61.6 Å². The number of hydrogen-bond donors (Lipinski definition) is 2. The molecule has 30 heavy (non-hydrogen) atoms. The molecule has 0 spiro atoms. The Labute approximate surface area is 173 Å². The number of imide groups is 1. The number of nitrogens with zero attached hydrogens (tertiary/aromatic N) is 3. The number of nitro benzene ring substituents is 1. The molecule has 10 heteroatoms. The van der Waals surface area contributed by atoms with E-state index in [0.717, 1.165) is 0 Å². The van der Waals surface area contributed by atoms with Gasteiger partial charge in [-0.2, -0.15) is 0 Å². The average Bonchev–Trinajstić information content (AvgIpc) is 2.74. The molecule has 1 heterocycles. The first-order chi connectivity index (χ1) is 14.5. The number of piperazine rings is 1. The van der Waals surface area contributed by atoms with Crippen LogP contribution in [0.1, 0.15) is 0 Å². The summed E-state index contributed by atoms with van der Waals surface area (Å²) in [5.74, 6) is 0.247. The highest BCUT2D eigenvalue weighted by molar-refractivity contribution is 6.01. The predicted molar refractivity (Wildman–Crippen MR) is 112 cm³/mol. The highest BCUT2D eigenvalue weighted by Crippen LogP contribution is 2.28. The standard InChI is InChI=1S/C20H23N5O5/c1-30-16-8-6-15(7-9-16)21-20(27)22-19(26)14-23-10-12-24(13-11-23)17-4-2-3-5-18(17)25(28)29/h2-9H,10-14H2,1H3,(H2,21,22,26,27). The molecule has 0 atom stereocenters. The second-order valence-electron chi connectivity index (χ2n) is 6.74. The highest BCUT2D eigenvalue weighted by Gasteiger charge is 2.24. The lowest BCUT2D eigenvalue weighted by Gasteiger charge is -2.35. The van der Waals surface area contributed by atoms with E-state index in [1.165, 1.54) is 6.07 Å². The molecular weight excluding hydrogens is 390 g/mol. The second kappa shape index (κ2) is 9.70. The first-order valence-electron chi connectivity index (χ1n) is 9.42. The van der Waals surface area contributed by atoms with Gasteiger partial charge in [-0.25, -0.2) is 4.79 Å². The van der Waals surface area contributed by atoms with E-state index >= 15 is 0 Å². The second-order valence-corrected chi connectivity index (χ2v) is 6.74. The first kappa shape index (κ1) is 21.1. The van der Waals surface area contributed by atoms with Crippen LogP contribution in [0.3, 0.4) is 0 Å². The van der Waals surface area contributed by atoms with Crippen LogP contribution in [0.15, 0.2) is 48.5 Å². The maximum absolute atomic E-state index is 12.2. The van der Waals surface area contributed by atoms with E-state index in [-0.39, 0.29) is 12.2 Å². The van der Waals surface area contributed by atoms with Gasteiger partial charge >= 0.3 is 6.03 Å². The zero-order chi connectivity index (χ0) is 21.5. The topological polar surface area (TPSA) is 117 Å². The molecule has 2 aromatic carbocycles. The fraction of sp³-hybridized carbons (Fsp3) is 0.300. The number of carbonyl (C=O) groups excluding carboxylic acids is 2. The molecule has 10 nitrogen and oxygen atoms in total. The number of hydrogen-bond acceptors (Lipinski definition) is 7. The number of urea groups is 1. The molecule has 0 aliphatic carbocycles. The average molecular weight is 413 g/mol. The van der Waals surface area contributed by atoms with E-state index in [2.05, 4.69) is 10.6 Å². The van der Waals surface area contributed by atoms with Gasteiger partial charge in [0, 0.05) is 37.9 Å². The quantitative estimate of drug-likeness (QED) is 0.550. The summed E-state index contributed by atoms with van der Waals surface area (Å²) in [5, 5.41) is 16.1. The minimum atomic E-state index is -0.608. The van der Waals surface area contributed by atoms with Crippen LogP contribution in [0, 0.1) is 10.1 Å². The maximum Gasteiger partial charge on any atom is 0.325 e. The number of benzene rings is 2. The lowest BCUT2D eigenvalue weighted by Crippen LogP contribution is -2.50. The van der Waals surface area contributed by atoms with E-state index in [9.17, 15) is 19.7 Å². The third-order valence-electron chi connectivity index (χ3n) is 4.76. The molecule has 0 aromatic heterocycles. The number of rotatable bonds is 6. The molecule has 3 rings (SSSR count). The van der Waals surface area contributed by atoms with E-state index in [1.807, 2.05) is 9.80 Å². The number of methoxy groups -OCH3 is 1. The van der Waals surface area contributed by atoms with Crippen LogP contribution in [-0.2, 0) is 4.79 Å². The minimum Gasteiger partial charge on any atom is -0.497 e. The van der Waals surface area contributed by atoms with E-state index in [4.69, 9.17) is 4.74 Å². The molecule has 2 aromatic rings. The number of nitro groups is 1. The third-order valence-corrected chi connectivity index (χ3v) is 4.76. The smallest absolute Gasteiger partial charge is 0.325 e. The van der Waals surface area contributed by atoms with Gasteiger partial charge in [-0.3, -0.25) is 25.1 Å². The Morgan fingerprint density at radius 2 is 1.73 bits per heavy atom. The number of nitrogens with one attached hydrogen (secondary N) is 2. The summed E-state index contributed by atoms with van der Waals surface area (Å²) in [6.07, 6.45) is 0. The van der Waals surface area contributed by atoms with E-state index in [1.54, 1.807) is 49.6 Å². The van der Waals surface area contributed by atoms with Crippen molar-refractivity contribution in [2.75, 3.05) is 50.1 Å². The molecule has 0 saturated carbocycles. The molecule has 2 N–H and O–H groups in total.